The van der Waals surface area contributed by atoms with Gasteiger partial charge in [0.1, 0.15) is 0 Å². The van der Waals surface area contributed by atoms with Gasteiger partial charge in [-0.3, -0.25) is 4.98 Å². The van der Waals surface area contributed by atoms with Crippen LogP contribution in [0.4, 0.5) is 0 Å². The van der Waals surface area contributed by atoms with E-state index in [2.05, 4.69) is 41.5 Å². The molecule has 0 saturated carbocycles. The minimum atomic E-state index is 0.202. The van der Waals surface area contributed by atoms with Crippen molar-refractivity contribution in [3.05, 3.63) is 53.5 Å². The molecule has 0 bridgehead atoms. The molecular formula is C18H24N2O. The van der Waals surface area contributed by atoms with Crippen molar-refractivity contribution in [2.75, 3.05) is 6.61 Å². The summed E-state index contributed by atoms with van der Waals surface area (Å²) in [7, 11) is 0. The number of aromatic nitrogens is 1. The molecule has 0 amide bonds. The van der Waals surface area contributed by atoms with Gasteiger partial charge in [0.25, 0.3) is 0 Å². The average molecular weight is 284 g/mol. The molecule has 2 unspecified atom stereocenters. The molecule has 2 aliphatic heterocycles. The Hall–Kier alpha value is -1.61. The van der Waals surface area contributed by atoms with E-state index in [0.717, 1.165) is 18.7 Å². The van der Waals surface area contributed by atoms with Crippen molar-refractivity contribution in [3.63, 3.8) is 0 Å². The first-order valence-electron chi connectivity index (χ1n) is 7.99. The van der Waals surface area contributed by atoms with E-state index < -0.39 is 0 Å². The van der Waals surface area contributed by atoms with Crippen LogP contribution in [0.2, 0.25) is 0 Å². The van der Waals surface area contributed by atoms with Gasteiger partial charge in [-0.1, -0.05) is 11.6 Å². The number of allylic oxidation sites excluding steroid dienone is 2. The number of aryl methyl sites for hydroxylation is 1. The lowest BCUT2D eigenvalue weighted by atomic mass is 10.0. The quantitative estimate of drug-likeness (QED) is 0.895. The third kappa shape index (κ3) is 3.94. The highest BCUT2D eigenvalue weighted by Gasteiger charge is 2.15. The fraction of sp³-hybridized carbons (Fsp3) is 0.500. The number of hydrogen-bond acceptors (Lipinski definition) is 3. The molecule has 0 spiro atoms. The van der Waals surface area contributed by atoms with E-state index in [1.807, 2.05) is 12.4 Å². The highest BCUT2D eigenvalue weighted by Crippen LogP contribution is 2.21. The van der Waals surface area contributed by atoms with Gasteiger partial charge in [0.2, 0.25) is 0 Å². The molecule has 1 N–H and O–H groups in total. The molecule has 21 heavy (non-hydrogen) atoms. The first-order valence-corrected chi connectivity index (χ1v) is 7.99. The zero-order valence-electron chi connectivity index (χ0n) is 12.7. The fourth-order valence-electron chi connectivity index (χ4n) is 3.05. The maximum Gasteiger partial charge on any atom is 0.0871 e. The highest BCUT2D eigenvalue weighted by molar-refractivity contribution is 5.29. The Morgan fingerprint density at radius 1 is 1.43 bits per heavy atom. The largest absolute Gasteiger partial charge is 0.379 e. The molecule has 1 aromatic rings. The standard InChI is InChI=1S/C18H24N2O/c1-14-7-9-19-17(12-14)18-13-15(8-10-20-18)4-2-5-16-6-3-11-21-16/h7-10,12-13,16-17,19H,2-6,11H2,1H3. The van der Waals surface area contributed by atoms with Gasteiger partial charge in [-0.2, -0.15) is 0 Å². The van der Waals surface area contributed by atoms with Crippen molar-refractivity contribution in [3.8, 4) is 0 Å². The topological polar surface area (TPSA) is 34.1 Å². The monoisotopic (exact) mass is 284 g/mol. The number of hydrogen-bond donors (Lipinski definition) is 1. The van der Waals surface area contributed by atoms with Crippen LogP contribution in [-0.4, -0.2) is 17.7 Å². The summed E-state index contributed by atoms with van der Waals surface area (Å²) in [5.74, 6) is 0. The van der Waals surface area contributed by atoms with Crippen LogP contribution in [0.1, 0.15) is 49.9 Å². The van der Waals surface area contributed by atoms with Gasteiger partial charge in [-0.05, 0) is 69.0 Å². The Bertz CT molecular complexity index is 530. The molecule has 1 fully saturated rings. The molecule has 3 nitrogen and oxygen atoms in total. The first-order chi connectivity index (χ1) is 10.3. The second-order valence-corrected chi connectivity index (χ2v) is 6.00. The molecule has 0 aromatic carbocycles. The van der Waals surface area contributed by atoms with Crippen molar-refractivity contribution < 1.29 is 4.74 Å². The van der Waals surface area contributed by atoms with Crippen molar-refractivity contribution in [2.24, 2.45) is 0 Å². The van der Waals surface area contributed by atoms with Gasteiger partial charge in [-0.15, -0.1) is 0 Å². The molecule has 112 valence electrons. The van der Waals surface area contributed by atoms with Crippen molar-refractivity contribution in [1.29, 1.82) is 0 Å². The van der Waals surface area contributed by atoms with Crippen molar-refractivity contribution in [1.82, 2.24) is 10.3 Å². The molecule has 3 heteroatoms. The van der Waals surface area contributed by atoms with E-state index in [4.69, 9.17) is 4.74 Å². The summed E-state index contributed by atoms with van der Waals surface area (Å²) < 4.78 is 5.68. The molecule has 1 aromatic heterocycles. The van der Waals surface area contributed by atoms with E-state index in [0.29, 0.717) is 6.10 Å². The average Bonchev–Trinajstić information content (AvgIpc) is 3.01. The minimum absolute atomic E-state index is 0.202. The maximum absolute atomic E-state index is 5.68. The van der Waals surface area contributed by atoms with Crippen LogP contribution in [0.25, 0.3) is 0 Å². The smallest absolute Gasteiger partial charge is 0.0871 e. The van der Waals surface area contributed by atoms with E-state index in [1.54, 1.807) is 0 Å². The Morgan fingerprint density at radius 2 is 2.38 bits per heavy atom. The summed E-state index contributed by atoms with van der Waals surface area (Å²) in [4.78, 5) is 4.52. The zero-order chi connectivity index (χ0) is 14.5. The van der Waals surface area contributed by atoms with Gasteiger partial charge in [-0.25, -0.2) is 0 Å². The molecule has 1 saturated heterocycles. The minimum Gasteiger partial charge on any atom is -0.379 e. The summed E-state index contributed by atoms with van der Waals surface area (Å²) in [6, 6.07) is 4.57. The third-order valence-electron chi connectivity index (χ3n) is 4.23. The summed E-state index contributed by atoms with van der Waals surface area (Å²) in [5.41, 5.74) is 3.76. The second-order valence-electron chi connectivity index (χ2n) is 6.00. The van der Waals surface area contributed by atoms with Crippen LogP contribution < -0.4 is 5.32 Å². The van der Waals surface area contributed by atoms with Crippen LogP contribution >= 0.6 is 0 Å². The molecule has 2 aliphatic rings. The predicted molar refractivity (Wildman–Crippen MR) is 84.9 cm³/mol. The predicted octanol–water partition coefficient (Wildman–Crippen LogP) is 3.69. The molecule has 0 aliphatic carbocycles. The number of dihydropyridines is 1. The molecule has 2 atom stereocenters. The van der Waals surface area contributed by atoms with Gasteiger partial charge in [0, 0.05) is 12.8 Å². The number of nitrogens with one attached hydrogen (secondary N) is 1. The van der Waals surface area contributed by atoms with Crippen LogP contribution in [0.3, 0.4) is 0 Å². The summed E-state index contributed by atoms with van der Waals surface area (Å²) >= 11 is 0. The van der Waals surface area contributed by atoms with Crippen LogP contribution in [0.15, 0.2) is 42.3 Å². The lowest BCUT2D eigenvalue weighted by Gasteiger charge is -2.18. The van der Waals surface area contributed by atoms with Gasteiger partial charge in [0.05, 0.1) is 17.8 Å². The van der Waals surface area contributed by atoms with Crippen LogP contribution in [0.5, 0.6) is 0 Å². The highest BCUT2D eigenvalue weighted by atomic mass is 16.5. The van der Waals surface area contributed by atoms with E-state index in [9.17, 15) is 0 Å². The third-order valence-corrected chi connectivity index (χ3v) is 4.23. The second kappa shape index (κ2) is 6.90. The Balaban J connectivity index is 1.56. The van der Waals surface area contributed by atoms with Crippen molar-refractivity contribution >= 4 is 0 Å². The summed E-state index contributed by atoms with van der Waals surface area (Å²) in [5, 5.41) is 3.35. The van der Waals surface area contributed by atoms with Gasteiger partial charge < -0.3 is 10.1 Å². The van der Waals surface area contributed by atoms with E-state index in [1.165, 1.54) is 36.8 Å². The molecule has 3 heterocycles. The Labute approximate surface area is 127 Å². The number of nitrogens with zero attached hydrogens (tertiary/aromatic N) is 1. The molecule has 3 rings (SSSR count). The fourth-order valence-corrected chi connectivity index (χ4v) is 3.05. The lowest BCUT2D eigenvalue weighted by molar-refractivity contribution is 0.102. The number of ether oxygens (including phenoxy) is 1. The normalized spacial score (nSPS) is 24.7. The Morgan fingerprint density at radius 3 is 3.19 bits per heavy atom. The van der Waals surface area contributed by atoms with Gasteiger partial charge >= 0.3 is 0 Å². The summed E-state index contributed by atoms with van der Waals surface area (Å²) in [6.45, 7) is 3.08. The van der Waals surface area contributed by atoms with Gasteiger partial charge in [0.15, 0.2) is 0 Å². The summed E-state index contributed by atoms with van der Waals surface area (Å²) in [6.07, 6.45) is 14.7. The number of pyridine rings is 1. The zero-order valence-corrected chi connectivity index (χ0v) is 12.7. The maximum atomic E-state index is 5.68. The van der Waals surface area contributed by atoms with Crippen LogP contribution in [0, 0.1) is 0 Å². The first kappa shape index (κ1) is 14.3. The SMILES string of the molecule is CC1=CC(c2cc(CCCC3CCCO3)ccn2)NC=C1. The lowest BCUT2D eigenvalue weighted by Crippen LogP contribution is -2.17. The Kier molecular flexibility index (Phi) is 4.71. The molecular weight excluding hydrogens is 260 g/mol. The van der Waals surface area contributed by atoms with Crippen LogP contribution in [-0.2, 0) is 11.2 Å². The van der Waals surface area contributed by atoms with E-state index >= 15 is 0 Å². The van der Waals surface area contributed by atoms with E-state index in [-0.39, 0.29) is 6.04 Å². The van der Waals surface area contributed by atoms with Crippen molar-refractivity contribution in [2.45, 2.75) is 51.2 Å². The number of rotatable bonds is 5. The molecule has 0 radical (unpaired) electrons.